The summed E-state index contributed by atoms with van der Waals surface area (Å²) < 4.78 is 1.94. The van der Waals surface area contributed by atoms with Gasteiger partial charge in [-0.25, -0.2) is 9.78 Å². The number of thiazole rings is 1. The Bertz CT molecular complexity index is 1040. The molecule has 7 nitrogen and oxygen atoms in total. The molecule has 2 heterocycles. The Kier molecular flexibility index (Phi) is 7.10. The first-order valence-corrected chi connectivity index (χ1v) is 11.1. The fraction of sp³-hybridized carbons (Fsp3) is 0.409. The van der Waals surface area contributed by atoms with Crippen LogP contribution in [-0.4, -0.2) is 46.0 Å². The number of anilines is 1. The zero-order valence-corrected chi connectivity index (χ0v) is 18.8. The Balaban J connectivity index is 1.57. The van der Waals surface area contributed by atoms with E-state index in [0.717, 1.165) is 33.7 Å². The van der Waals surface area contributed by atoms with Crippen LogP contribution < -0.4 is 10.6 Å². The van der Waals surface area contributed by atoms with Crippen molar-refractivity contribution in [2.24, 2.45) is 0 Å². The Hall–Kier alpha value is -2.87. The average molecular weight is 428 g/mol. The topological polar surface area (TPSA) is 79.3 Å². The van der Waals surface area contributed by atoms with E-state index in [1.807, 2.05) is 67.6 Å². The van der Waals surface area contributed by atoms with Gasteiger partial charge < -0.3 is 20.1 Å². The van der Waals surface area contributed by atoms with Crippen LogP contribution in [0.3, 0.4) is 0 Å². The lowest BCUT2D eigenvalue weighted by Crippen LogP contribution is -2.33. The maximum absolute atomic E-state index is 12.4. The molecule has 160 valence electrons. The zero-order chi connectivity index (χ0) is 21.7. The monoisotopic (exact) mass is 427 g/mol. The minimum absolute atomic E-state index is 0.102. The van der Waals surface area contributed by atoms with Gasteiger partial charge in [0.25, 0.3) is 0 Å². The van der Waals surface area contributed by atoms with Crippen LogP contribution in [0.5, 0.6) is 0 Å². The normalized spacial score (nSPS) is 10.9. The molecular weight excluding hydrogens is 398 g/mol. The largest absolute Gasteiger partial charge is 0.342 e. The third-order valence-corrected chi connectivity index (χ3v) is 6.22. The molecule has 3 amide bonds. The molecule has 30 heavy (non-hydrogen) atoms. The first-order valence-electron chi connectivity index (χ1n) is 10.3. The first-order chi connectivity index (χ1) is 14.4. The molecule has 0 aliphatic carbocycles. The second-order valence-electron chi connectivity index (χ2n) is 7.16. The number of fused-ring (bicyclic) bond motifs is 1. The summed E-state index contributed by atoms with van der Waals surface area (Å²) in [5.41, 5.74) is 2.73. The van der Waals surface area contributed by atoms with Crippen LogP contribution in [0, 0.1) is 13.8 Å². The fourth-order valence-electron chi connectivity index (χ4n) is 3.51. The quantitative estimate of drug-likeness (QED) is 0.571. The Morgan fingerprint density at radius 2 is 1.93 bits per heavy atom. The molecule has 0 atom stereocenters. The summed E-state index contributed by atoms with van der Waals surface area (Å²) >= 11 is 1.67. The molecule has 0 aliphatic rings. The lowest BCUT2D eigenvalue weighted by Gasteiger charge is -2.19. The molecule has 0 saturated carbocycles. The maximum atomic E-state index is 12.4. The third-order valence-electron chi connectivity index (χ3n) is 5.09. The van der Waals surface area contributed by atoms with Gasteiger partial charge in [-0.1, -0.05) is 0 Å². The number of hydrogen-bond acceptors (Lipinski definition) is 4. The SMILES string of the molecule is CCN(CC)C(=O)Cn1ccc2cc(NC(=O)NCCc3sc(C)nc3C)ccc21. The van der Waals surface area contributed by atoms with Crippen LogP contribution in [0.4, 0.5) is 10.5 Å². The molecule has 8 heteroatoms. The van der Waals surface area contributed by atoms with E-state index in [2.05, 4.69) is 15.6 Å². The number of nitrogens with zero attached hydrogens (tertiary/aromatic N) is 3. The molecular formula is C22H29N5O2S. The predicted molar refractivity (Wildman–Crippen MR) is 122 cm³/mol. The Morgan fingerprint density at radius 3 is 2.60 bits per heavy atom. The van der Waals surface area contributed by atoms with Gasteiger partial charge in [-0.2, -0.15) is 0 Å². The minimum Gasteiger partial charge on any atom is -0.342 e. The molecule has 2 N–H and O–H groups in total. The van der Waals surface area contributed by atoms with Gasteiger partial charge in [-0.05, 0) is 52.0 Å². The molecule has 0 radical (unpaired) electrons. The summed E-state index contributed by atoms with van der Waals surface area (Å²) in [6.45, 7) is 10.2. The van der Waals surface area contributed by atoms with Gasteiger partial charge in [0.15, 0.2) is 0 Å². The van der Waals surface area contributed by atoms with Gasteiger partial charge in [-0.3, -0.25) is 4.79 Å². The van der Waals surface area contributed by atoms with E-state index in [4.69, 9.17) is 0 Å². The second kappa shape index (κ2) is 9.75. The number of benzene rings is 1. The van der Waals surface area contributed by atoms with Gasteiger partial charge in [0.2, 0.25) is 5.91 Å². The van der Waals surface area contributed by atoms with Crippen molar-refractivity contribution in [3.05, 3.63) is 46.0 Å². The third kappa shape index (κ3) is 5.18. The van der Waals surface area contributed by atoms with Gasteiger partial charge in [-0.15, -0.1) is 11.3 Å². The number of nitrogens with one attached hydrogen (secondary N) is 2. The first kappa shape index (κ1) is 21.8. The molecule has 0 spiro atoms. The fourth-order valence-corrected chi connectivity index (χ4v) is 4.44. The van der Waals surface area contributed by atoms with Crippen molar-refractivity contribution in [2.75, 3.05) is 25.0 Å². The van der Waals surface area contributed by atoms with Crippen LogP contribution in [0.1, 0.15) is 29.4 Å². The standard InChI is InChI=1S/C22H29N5O2S/c1-5-26(6-2)21(28)14-27-12-10-17-13-18(7-8-19(17)27)25-22(29)23-11-9-20-15(3)24-16(4)30-20/h7-8,10,12-13H,5-6,9,11,14H2,1-4H3,(H2,23,25,29). The number of aryl methyl sites for hydroxylation is 2. The second-order valence-corrected chi connectivity index (χ2v) is 8.44. The number of likely N-dealkylation sites (N-methyl/N-ethyl adjacent to an activating group) is 1. The molecule has 2 aromatic heterocycles. The highest BCUT2D eigenvalue weighted by Gasteiger charge is 2.12. The van der Waals surface area contributed by atoms with E-state index >= 15 is 0 Å². The number of urea groups is 1. The lowest BCUT2D eigenvalue weighted by molar-refractivity contribution is -0.131. The highest BCUT2D eigenvalue weighted by molar-refractivity contribution is 7.11. The number of carbonyl (C=O) groups excluding carboxylic acids is 2. The molecule has 0 aliphatic heterocycles. The van der Waals surface area contributed by atoms with Gasteiger partial charge >= 0.3 is 6.03 Å². The molecule has 0 saturated heterocycles. The number of hydrogen-bond donors (Lipinski definition) is 2. The van der Waals surface area contributed by atoms with Crippen molar-refractivity contribution < 1.29 is 9.59 Å². The van der Waals surface area contributed by atoms with Crippen molar-refractivity contribution in [1.29, 1.82) is 0 Å². The summed E-state index contributed by atoms with van der Waals surface area (Å²) in [5, 5.41) is 7.80. The van der Waals surface area contributed by atoms with E-state index < -0.39 is 0 Å². The van der Waals surface area contributed by atoms with Crippen molar-refractivity contribution >= 4 is 39.9 Å². The molecule has 1 aromatic carbocycles. The molecule has 3 rings (SSSR count). The maximum Gasteiger partial charge on any atom is 0.319 e. The van der Waals surface area contributed by atoms with E-state index in [0.29, 0.717) is 26.2 Å². The van der Waals surface area contributed by atoms with Crippen molar-refractivity contribution in [3.63, 3.8) is 0 Å². The molecule has 0 unspecified atom stereocenters. The molecule has 0 bridgehead atoms. The van der Waals surface area contributed by atoms with Gasteiger partial charge in [0.1, 0.15) is 6.54 Å². The summed E-state index contributed by atoms with van der Waals surface area (Å²) in [6, 6.07) is 7.44. The smallest absolute Gasteiger partial charge is 0.319 e. The van der Waals surface area contributed by atoms with Crippen LogP contribution in [0.25, 0.3) is 10.9 Å². The molecule has 0 fully saturated rings. The number of carbonyl (C=O) groups is 2. The number of rotatable bonds is 8. The summed E-state index contributed by atoms with van der Waals surface area (Å²) in [7, 11) is 0. The van der Waals surface area contributed by atoms with E-state index in [1.165, 1.54) is 4.88 Å². The number of amides is 3. The van der Waals surface area contributed by atoms with E-state index in [-0.39, 0.29) is 11.9 Å². The summed E-state index contributed by atoms with van der Waals surface area (Å²) in [4.78, 5) is 32.1. The van der Waals surface area contributed by atoms with Gasteiger partial charge in [0.05, 0.1) is 10.7 Å². The minimum atomic E-state index is -0.232. The predicted octanol–water partition coefficient (Wildman–Crippen LogP) is 3.95. The van der Waals surface area contributed by atoms with E-state index in [9.17, 15) is 9.59 Å². The van der Waals surface area contributed by atoms with Crippen LogP contribution in [0.2, 0.25) is 0 Å². The zero-order valence-electron chi connectivity index (χ0n) is 18.0. The Morgan fingerprint density at radius 1 is 1.17 bits per heavy atom. The van der Waals surface area contributed by atoms with Crippen LogP contribution >= 0.6 is 11.3 Å². The number of aromatic nitrogens is 2. The lowest BCUT2D eigenvalue weighted by atomic mass is 10.2. The molecule has 3 aromatic rings. The van der Waals surface area contributed by atoms with E-state index in [1.54, 1.807) is 11.3 Å². The van der Waals surface area contributed by atoms with Crippen LogP contribution in [-0.2, 0) is 17.8 Å². The average Bonchev–Trinajstić information content (AvgIpc) is 3.24. The van der Waals surface area contributed by atoms with Crippen LogP contribution in [0.15, 0.2) is 30.5 Å². The highest BCUT2D eigenvalue weighted by atomic mass is 32.1. The summed E-state index contributed by atoms with van der Waals surface area (Å²) in [6.07, 6.45) is 2.68. The van der Waals surface area contributed by atoms with Gasteiger partial charge in [0, 0.05) is 53.7 Å². The Labute approximate surface area is 181 Å². The van der Waals surface area contributed by atoms with Crippen molar-refractivity contribution in [3.8, 4) is 0 Å². The van der Waals surface area contributed by atoms with Crippen molar-refractivity contribution in [1.82, 2.24) is 19.8 Å². The highest BCUT2D eigenvalue weighted by Crippen LogP contribution is 2.21. The van der Waals surface area contributed by atoms with Crippen molar-refractivity contribution in [2.45, 2.75) is 40.7 Å². The summed E-state index contributed by atoms with van der Waals surface area (Å²) in [5.74, 6) is 0.102.